The van der Waals surface area contributed by atoms with Gasteiger partial charge in [-0.05, 0) is 37.6 Å². The molecule has 0 saturated heterocycles. The van der Waals surface area contributed by atoms with Crippen molar-refractivity contribution in [3.05, 3.63) is 86.8 Å². The Morgan fingerprint density at radius 2 is 1.79 bits per heavy atom. The van der Waals surface area contributed by atoms with Gasteiger partial charge in [0.2, 0.25) is 0 Å². The van der Waals surface area contributed by atoms with Crippen LogP contribution < -0.4 is 5.32 Å². The van der Waals surface area contributed by atoms with E-state index in [1.165, 1.54) is 12.1 Å². The number of aromatic nitrogens is 3. The number of hydrogen-bond donors (Lipinski definition) is 1. The monoisotopic (exact) mass is 492 g/mol. The topological polar surface area (TPSA) is 59.8 Å². The maximum Gasteiger partial charge on any atom is 0.433 e. The van der Waals surface area contributed by atoms with Crippen molar-refractivity contribution < 1.29 is 18.0 Å². The predicted octanol–water partition coefficient (Wildman–Crippen LogP) is 6.67. The summed E-state index contributed by atoms with van der Waals surface area (Å²) >= 11 is 12.1. The van der Waals surface area contributed by atoms with Crippen LogP contribution in [-0.2, 0) is 12.7 Å². The Hall–Kier alpha value is -3.10. The summed E-state index contributed by atoms with van der Waals surface area (Å²) in [6.45, 7) is 3.97. The summed E-state index contributed by atoms with van der Waals surface area (Å²) in [5.41, 5.74) is 0.999. The Morgan fingerprint density at radius 3 is 2.45 bits per heavy atom. The molecule has 5 nitrogen and oxygen atoms in total. The van der Waals surface area contributed by atoms with Crippen molar-refractivity contribution in [3.8, 4) is 0 Å². The highest BCUT2D eigenvalue weighted by molar-refractivity contribution is 6.39. The molecule has 0 aliphatic carbocycles. The number of hydrogen-bond acceptors (Lipinski definition) is 3. The largest absolute Gasteiger partial charge is 0.433 e. The molecule has 0 fully saturated rings. The number of nitrogens with zero attached hydrogens (tertiary/aromatic N) is 3. The molecule has 2 aromatic heterocycles. The first-order valence-corrected chi connectivity index (χ1v) is 10.6. The normalized spacial score (nSPS) is 11.7. The van der Waals surface area contributed by atoms with Gasteiger partial charge in [0.15, 0.2) is 0 Å². The fourth-order valence-corrected chi connectivity index (χ4v) is 4.09. The molecule has 0 radical (unpaired) electrons. The molecule has 0 aliphatic heterocycles. The number of amides is 1. The molecule has 0 aliphatic rings. The maximum atomic E-state index is 13.5. The van der Waals surface area contributed by atoms with E-state index in [1.54, 1.807) is 18.5 Å². The van der Waals surface area contributed by atoms with E-state index < -0.39 is 17.8 Å². The number of aryl methyl sites for hydroxylation is 1. The van der Waals surface area contributed by atoms with Gasteiger partial charge in [0, 0.05) is 10.4 Å². The van der Waals surface area contributed by atoms with E-state index in [0.717, 1.165) is 5.56 Å². The van der Waals surface area contributed by atoms with Crippen LogP contribution >= 0.6 is 23.2 Å². The molecule has 0 spiro atoms. The number of rotatable bonds is 4. The van der Waals surface area contributed by atoms with Crippen LogP contribution in [0.4, 0.5) is 18.9 Å². The first-order valence-electron chi connectivity index (χ1n) is 9.81. The zero-order valence-corrected chi connectivity index (χ0v) is 19.0. The number of pyridine rings is 1. The summed E-state index contributed by atoms with van der Waals surface area (Å²) in [6.07, 6.45) is -4.77. The van der Waals surface area contributed by atoms with Crippen LogP contribution in [0.15, 0.2) is 48.5 Å². The summed E-state index contributed by atoms with van der Waals surface area (Å²) < 4.78 is 42.1. The highest BCUT2D eigenvalue weighted by atomic mass is 35.5. The van der Waals surface area contributed by atoms with Gasteiger partial charge in [-0.15, -0.1) is 0 Å². The number of fused-ring (bicyclic) bond motifs is 1. The van der Waals surface area contributed by atoms with Gasteiger partial charge >= 0.3 is 6.18 Å². The van der Waals surface area contributed by atoms with Crippen LogP contribution in [-0.4, -0.2) is 20.7 Å². The summed E-state index contributed by atoms with van der Waals surface area (Å²) in [4.78, 5) is 16.8. The minimum absolute atomic E-state index is 0.0827. The molecule has 0 unspecified atom stereocenters. The smallest absolute Gasteiger partial charge is 0.319 e. The summed E-state index contributed by atoms with van der Waals surface area (Å²) in [5, 5.41) is 7.38. The molecular formula is C23H17Cl2F3N4O. The van der Waals surface area contributed by atoms with Gasteiger partial charge in [0.25, 0.3) is 5.91 Å². The predicted molar refractivity (Wildman–Crippen MR) is 122 cm³/mol. The van der Waals surface area contributed by atoms with E-state index in [1.807, 2.05) is 30.3 Å². The van der Waals surface area contributed by atoms with Crippen molar-refractivity contribution in [2.24, 2.45) is 0 Å². The highest BCUT2D eigenvalue weighted by Gasteiger charge is 2.34. The van der Waals surface area contributed by atoms with E-state index >= 15 is 0 Å². The number of carbonyl (C=O) groups is 1. The Kier molecular flexibility index (Phi) is 6.07. The van der Waals surface area contributed by atoms with Crippen LogP contribution in [0, 0.1) is 13.8 Å². The van der Waals surface area contributed by atoms with E-state index in [0.29, 0.717) is 29.7 Å². The highest BCUT2D eigenvalue weighted by Crippen LogP contribution is 2.35. The standard InChI is InChI=1S/C23H17Cl2F3N4O/c1-12-20(13(2)32(31-12)11-14-6-4-3-5-7-14)30-22(33)17-10-19(23(26,27)28)29-21-16(17)8-15(24)9-18(21)25/h3-10H,11H2,1-2H3,(H,30,33). The average Bonchev–Trinajstić information content (AvgIpc) is 3.00. The molecule has 4 aromatic rings. The molecule has 10 heteroatoms. The second-order valence-electron chi connectivity index (χ2n) is 7.48. The van der Waals surface area contributed by atoms with E-state index in [9.17, 15) is 18.0 Å². The fraction of sp³-hybridized carbons (Fsp3) is 0.174. The van der Waals surface area contributed by atoms with Crippen LogP contribution in [0.5, 0.6) is 0 Å². The van der Waals surface area contributed by atoms with Crippen LogP contribution in [0.1, 0.15) is 33.0 Å². The Bertz CT molecular complexity index is 1370. The SMILES string of the molecule is Cc1nn(Cc2ccccc2)c(C)c1NC(=O)c1cc(C(F)(F)F)nc2c(Cl)cc(Cl)cc12. The lowest BCUT2D eigenvalue weighted by Gasteiger charge is -2.13. The van der Waals surface area contributed by atoms with Crippen molar-refractivity contribution >= 4 is 45.7 Å². The molecule has 0 bridgehead atoms. The van der Waals surface area contributed by atoms with Crippen molar-refractivity contribution in [1.82, 2.24) is 14.8 Å². The quantitative estimate of drug-likeness (QED) is 0.345. The minimum Gasteiger partial charge on any atom is -0.319 e. The van der Waals surface area contributed by atoms with Crippen molar-refractivity contribution in [2.45, 2.75) is 26.6 Å². The number of alkyl halides is 3. The third-order valence-corrected chi connectivity index (χ3v) is 5.67. The van der Waals surface area contributed by atoms with E-state index in [-0.39, 0.29) is 26.5 Å². The molecule has 2 heterocycles. The third-order valence-electron chi connectivity index (χ3n) is 5.16. The maximum absolute atomic E-state index is 13.5. The second-order valence-corrected chi connectivity index (χ2v) is 8.32. The average molecular weight is 493 g/mol. The lowest BCUT2D eigenvalue weighted by molar-refractivity contribution is -0.140. The third kappa shape index (κ3) is 4.67. The van der Waals surface area contributed by atoms with Gasteiger partial charge in [-0.2, -0.15) is 18.3 Å². The Morgan fingerprint density at radius 1 is 1.09 bits per heavy atom. The Labute approximate surface area is 197 Å². The van der Waals surface area contributed by atoms with E-state index in [2.05, 4.69) is 15.4 Å². The van der Waals surface area contributed by atoms with Gasteiger partial charge in [-0.25, -0.2) is 4.98 Å². The number of anilines is 1. The molecule has 170 valence electrons. The van der Waals surface area contributed by atoms with Crippen LogP contribution in [0.2, 0.25) is 10.0 Å². The minimum atomic E-state index is -4.77. The first kappa shape index (κ1) is 23.1. The summed E-state index contributed by atoms with van der Waals surface area (Å²) in [6, 6.07) is 13.0. The van der Waals surface area contributed by atoms with Crippen molar-refractivity contribution in [1.29, 1.82) is 0 Å². The molecule has 33 heavy (non-hydrogen) atoms. The zero-order chi connectivity index (χ0) is 23.9. The molecule has 0 atom stereocenters. The van der Waals surface area contributed by atoms with Crippen LogP contribution in [0.25, 0.3) is 10.9 Å². The molecule has 1 amide bonds. The van der Waals surface area contributed by atoms with Crippen LogP contribution in [0.3, 0.4) is 0 Å². The number of benzene rings is 2. The van der Waals surface area contributed by atoms with Gasteiger partial charge in [0.05, 0.1) is 39.7 Å². The van der Waals surface area contributed by atoms with E-state index in [4.69, 9.17) is 23.2 Å². The molecular weight excluding hydrogens is 476 g/mol. The molecule has 0 saturated carbocycles. The van der Waals surface area contributed by atoms with Gasteiger partial charge in [0.1, 0.15) is 5.69 Å². The number of halogens is 5. The molecule has 4 rings (SSSR count). The lowest BCUT2D eigenvalue weighted by atomic mass is 10.1. The lowest BCUT2D eigenvalue weighted by Crippen LogP contribution is -2.17. The van der Waals surface area contributed by atoms with Gasteiger partial charge in [-0.3, -0.25) is 9.48 Å². The van der Waals surface area contributed by atoms with Crippen molar-refractivity contribution in [3.63, 3.8) is 0 Å². The van der Waals surface area contributed by atoms with Gasteiger partial charge in [-0.1, -0.05) is 53.5 Å². The summed E-state index contributed by atoms with van der Waals surface area (Å²) in [7, 11) is 0. The summed E-state index contributed by atoms with van der Waals surface area (Å²) in [5.74, 6) is -0.753. The second kappa shape index (κ2) is 8.68. The fourth-order valence-electron chi connectivity index (χ4n) is 3.55. The van der Waals surface area contributed by atoms with Gasteiger partial charge < -0.3 is 5.32 Å². The first-order chi connectivity index (χ1) is 15.5. The van der Waals surface area contributed by atoms with Crippen molar-refractivity contribution in [2.75, 3.05) is 5.32 Å². The number of carbonyl (C=O) groups excluding carboxylic acids is 1. The Balaban J connectivity index is 1.75. The number of nitrogens with one attached hydrogen (secondary N) is 1. The molecule has 1 N–H and O–H groups in total. The zero-order valence-electron chi connectivity index (χ0n) is 17.5. The molecule has 2 aromatic carbocycles.